The summed E-state index contributed by atoms with van der Waals surface area (Å²) in [5.41, 5.74) is 0.877. The maximum Gasteiger partial charge on any atom is 0.165 e. The molecule has 0 aliphatic carbocycles. The number of ether oxygens (including phenoxy) is 1. The van der Waals surface area contributed by atoms with Crippen molar-refractivity contribution in [3.05, 3.63) is 29.6 Å². The normalized spacial score (nSPS) is 14.7. The highest BCUT2D eigenvalue weighted by molar-refractivity contribution is 5.29. The van der Waals surface area contributed by atoms with E-state index in [1.807, 2.05) is 13.0 Å². The van der Waals surface area contributed by atoms with Gasteiger partial charge in [-0.05, 0) is 37.0 Å². The Morgan fingerprint density at radius 1 is 1.40 bits per heavy atom. The van der Waals surface area contributed by atoms with Crippen LogP contribution in [-0.2, 0) is 6.42 Å². The first-order valence-electron chi connectivity index (χ1n) is 5.05. The van der Waals surface area contributed by atoms with E-state index in [-0.39, 0.29) is 23.6 Å². The van der Waals surface area contributed by atoms with Gasteiger partial charge in [-0.2, -0.15) is 0 Å². The van der Waals surface area contributed by atoms with E-state index in [9.17, 15) is 9.50 Å². The second kappa shape index (κ2) is 5.12. The van der Waals surface area contributed by atoms with E-state index in [2.05, 4.69) is 0 Å². The molecule has 0 aromatic heterocycles. The van der Waals surface area contributed by atoms with Gasteiger partial charge in [0.15, 0.2) is 11.6 Å². The molecule has 0 aliphatic rings. The van der Waals surface area contributed by atoms with Crippen LogP contribution in [-0.4, -0.2) is 18.3 Å². The van der Waals surface area contributed by atoms with Crippen molar-refractivity contribution in [3.8, 4) is 5.75 Å². The van der Waals surface area contributed by atoms with Crippen LogP contribution >= 0.6 is 0 Å². The fourth-order valence-electron chi connectivity index (χ4n) is 1.38. The van der Waals surface area contributed by atoms with E-state index < -0.39 is 0 Å². The molecule has 1 aromatic carbocycles. The van der Waals surface area contributed by atoms with E-state index in [1.54, 1.807) is 13.0 Å². The lowest BCUT2D eigenvalue weighted by molar-refractivity contribution is 0.135. The summed E-state index contributed by atoms with van der Waals surface area (Å²) >= 11 is 0. The largest absolute Gasteiger partial charge is 0.494 e. The molecular formula is C12H17FO2. The molecule has 1 aromatic rings. The highest BCUT2D eigenvalue weighted by Gasteiger charge is 2.11. The van der Waals surface area contributed by atoms with Gasteiger partial charge >= 0.3 is 0 Å². The molecule has 0 amide bonds. The van der Waals surface area contributed by atoms with Crippen LogP contribution in [0.25, 0.3) is 0 Å². The molecule has 1 N–H and O–H groups in total. The van der Waals surface area contributed by atoms with Crippen LogP contribution in [0.1, 0.15) is 19.4 Å². The monoisotopic (exact) mass is 212 g/mol. The lowest BCUT2D eigenvalue weighted by atomic mass is 9.97. The van der Waals surface area contributed by atoms with Crippen LogP contribution < -0.4 is 4.74 Å². The Morgan fingerprint density at radius 3 is 2.53 bits per heavy atom. The van der Waals surface area contributed by atoms with E-state index in [0.29, 0.717) is 6.42 Å². The molecule has 1 rings (SSSR count). The lowest BCUT2D eigenvalue weighted by Gasteiger charge is -2.14. The predicted octanol–water partition coefficient (Wildman–Crippen LogP) is 2.39. The minimum absolute atomic E-state index is 0.123. The minimum atomic E-state index is -0.379. The quantitative estimate of drug-likeness (QED) is 0.830. The topological polar surface area (TPSA) is 29.5 Å². The molecule has 0 saturated heterocycles. The van der Waals surface area contributed by atoms with Crippen molar-refractivity contribution in [3.63, 3.8) is 0 Å². The maximum atomic E-state index is 13.3. The fourth-order valence-corrected chi connectivity index (χ4v) is 1.38. The molecule has 84 valence electrons. The van der Waals surface area contributed by atoms with Crippen LogP contribution in [0.3, 0.4) is 0 Å². The summed E-state index contributed by atoms with van der Waals surface area (Å²) in [6, 6.07) is 4.89. The summed E-state index contributed by atoms with van der Waals surface area (Å²) < 4.78 is 18.1. The first kappa shape index (κ1) is 12.0. The summed E-state index contributed by atoms with van der Waals surface area (Å²) in [4.78, 5) is 0. The highest BCUT2D eigenvalue weighted by atomic mass is 19.1. The second-order valence-electron chi connectivity index (χ2n) is 3.89. The van der Waals surface area contributed by atoms with Crippen molar-refractivity contribution < 1.29 is 14.2 Å². The zero-order chi connectivity index (χ0) is 11.4. The smallest absolute Gasteiger partial charge is 0.165 e. The summed E-state index contributed by atoms with van der Waals surface area (Å²) in [6.45, 7) is 3.68. The third kappa shape index (κ3) is 3.20. The van der Waals surface area contributed by atoms with E-state index in [0.717, 1.165) is 5.56 Å². The van der Waals surface area contributed by atoms with E-state index in [1.165, 1.54) is 13.2 Å². The number of halogens is 1. The average molecular weight is 212 g/mol. The highest BCUT2D eigenvalue weighted by Crippen LogP contribution is 2.20. The molecule has 15 heavy (non-hydrogen) atoms. The first-order chi connectivity index (χ1) is 7.04. The Bertz CT molecular complexity index is 323. The van der Waals surface area contributed by atoms with Crippen LogP contribution in [0.15, 0.2) is 18.2 Å². The van der Waals surface area contributed by atoms with Gasteiger partial charge in [0.2, 0.25) is 0 Å². The number of methoxy groups -OCH3 is 1. The van der Waals surface area contributed by atoms with Gasteiger partial charge in [0.05, 0.1) is 13.2 Å². The van der Waals surface area contributed by atoms with E-state index in [4.69, 9.17) is 4.74 Å². The van der Waals surface area contributed by atoms with Crippen molar-refractivity contribution >= 4 is 0 Å². The number of benzene rings is 1. The molecule has 0 bridgehead atoms. The van der Waals surface area contributed by atoms with Gasteiger partial charge in [-0.15, -0.1) is 0 Å². The molecule has 2 nitrogen and oxygen atoms in total. The molecule has 3 heteroatoms. The molecule has 2 unspecified atom stereocenters. The maximum absolute atomic E-state index is 13.3. The standard InChI is InChI=1S/C12H17FO2/c1-8(9(2)14)6-10-4-5-12(15-3)11(13)7-10/h4-5,7-9,14H,6H2,1-3H3. The third-order valence-electron chi connectivity index (χ3n) is 2.60. The van der Waals surface area contributed by atoms with Gasteiger partial charge in [-0.25, -0.2) is 4.39 Å². The number of rotatable bonds is 4. The van der Waals surface area contributed by atoms with Crippen molar-refractivity contribution in [2.45, 2.75) is 26.4 Å². The zero-order valence-corrected chi connectivity index (χ0v) is 9.33. The molecule has 0 spiro atoms. The third-order valence-corrected chi connectivity index (χ3v) is 2.60. The van der Waals surface area contributed by atoms with Crippen molar-refractivity contribution in [1.29, 1.82) is 0 Å². The lowest BCUT2D eigenvalue weighted by Crippen LogP contribution is -2.15. The summed E-state index contributed by atoms with van der Waals surface area (Å²) in [7, 11) is 1.44. The molecule has 2 atom stereocenters. The second-order valence-corrected chi connectivity index (χ2v) is 3.89. The minimum Gasteiger partial charge on any atom is -0.494 e. The SMILES string of the molecule is COc1ccc(CC(C)C(C)O)cc1F. The molecule has 0 aliphatic heterocycles. The van der Waals surface area contributed by atoms with Gasteiger partial charge in [-0.1, -0.05) is 13.0 Å². The van der Waals surface area contributed by atoms with E-state index >= 15 is 0 Å². The van der Waals surface area contributed by atoms with Gasteiger partial charge in [0.25, 0.3) is 0 Å². The Labute approximate surface area is 89.7 Å². The predicted molar refractivity (Wildman–Crippen MR) is 57.5 cm³/mol. The van der Waals surface area contributed by atoms with Gasteiger partial charge in [0, 0.05) is 0 Å². The van der Waals surface area contributed by atoms with Crippen molar-refractivity contribution in [1.82, 2.24) is 0 Å². The van der Waals surface area contributed by atoms with Crippen molar-refractivity contribution in [2.24, 2.45) is 5.92 Å². The number of aliphatic hydroxyl groups is 1. The van der Waals surface area contributed by atoms with Gasteiger partial charge in [0.1, 0.15) is 0 Å². The average Bonchev–Trinajstić information content (AvgIpc) is 2.18. The Morgan fingerprint density at radius 2 is 2.07 bits per heavy atom. The van der Waals surface area contributed by atoms with Gasteiger partial charge < -0.3 is 9.84 Å². The summed E-state index contributed by atoms with van der Waals surface area (Å²) in [5, 5.41) is 9.33. The Hall–Kier alpha value is -1.09. The van der Waals surface area contributed by atoms with Crippen LogP contribution in [0.2, 0.25) is 0 Å². The number of aliphatic hydroxyl groups excluding tert-OH is 1. The van der Waals surface area contributed by atoms with Gasteiger partial charge in [-0.3, -0.25) is 0 Å². The molecule has 0 heterocycles. The zero-order valence-electron chi connectivity index (χ0n) is 9.33. The Balaban J connectivity index is 2.75. The van der Waals surface area contributed by atoms with Crippen molar-refractivity contribution in [2.75, 3.05) is 7.11 Å². The number of hydrogen-bond donors (Lipinski definition) is 1. The molecular weight excluding hydrogens is 195 g/mol. The Kier molecular flexibility index (Phi) is 4.09. The molecule has 0 fully saturated rings. The van der Waals surface area contributed by atoms with Crippen LogP contribution in [0.5, 0.6) is 5.75 Å². The summed E-state index contributed by atoms with van der Waals surface area (Å²) in [5.74, 6) is 0.0223. The summed E-state index contributed by atoms with van der Waals surface area (Å²) in [6.07, 6.45) is 0.286. The molecule has 0 saturated carbocycles. The van der Waals surface area contributed by atoms with Crippen LogP contribution in [0.4, 0.5) is 4.39 Å². The fraction of sp³-hybridized carbons (Fsp3) is 0.500. The van der Waals surface area contributed by atoms with Crippen LogP contribution in [0, 0.1) is 11.7 Å². The first-order valence-corrected chi connectivity index (χ1v) is 5.05. The number of hydrogen-bond acceptors (Lipinski definition) is 2. The molecule has 0 radical (unpaired) electrons.